The molecule has 1 unspecified atom stereocenters. The van der Waals surface area contributed by atoms with Crippen LogP contribution in [0.2, 0.25) is 0 Å². The maximum Gasteiger partial charge on any atom is 0.290 e. The Balaban J connectivity index is 0.000000659. The van der Waals surface area contributed by atoms with Gasteiger partial charge in [0.2, 0.25) is 0 Å². The number of imidazole rings is 1. The first-order valence-corrected chi connectivity index (χ1v) is 8.63. The highest BCUT2D eigenvalue weighted by molar-refractivity contribution is 5.58. The number of rotatable bonds is 5. The van der Waals surface area contributed by atoms with Crippen molar-refractivity contribution >= 4 is 6.47 Å². The first-order chi connectivity index (χ1) is 13.3. The number of carbonyl (C=O) groups is 1. The van der Waals surface area contributed by atoms with E-state index in [1.165, 1.54) is 0 Å². The summed E-state index contributed by atoms with van der Waals surface area (Å²) in [5.41, 5.74) is 1.96. The molecule has 2 aromatic heterocycles. The lowest BCUT2D eigenvalue weighted by molar-refractivity contribution is -0.122. The van der Waals surface area contributed by atoms with E-state index in [0.717, 1.165) is 42.5 Å². The third-order valence-corrected chi connectivity index (χ3v) is 4.17. The SMILES string of the molecule is O=CO.c1ccc(COc2cccc(-c3nccn3C3CCOC3)c2)nc1. The van der Waals surface area contributed by atoms with Crippen molar-refractivity contribution in [3.05, 3.63) is 66.7 Å². The van der Waals surface area contributed by atoms with Gasteiger partial charge in [0.1, 0.15) is 18.2 Å². The molecule has 1 atom stereocenters. The predicted molar refractivity (Wildman–Crippen MR) is 99.4 cm³/mol. The van der Waals surface area contributed by atoms with Crippen LogP contribution in [0.3, 0.4) is 0 Å². The second-order valence-electron chi connectivity index (χ2n) is 5.92. The average Bonchev–Trinajstić information content (AvgIpc) is 3.39. The van der Waals surface area contributed by atoms with Gasteiger partial charge in [-0.2, -0.15) is 0 Å². The fraction of sp³-hybridized carbons (Fsp3) is 0.250. The molecule has 1 fully saturated rings. The highest BCUT2D eigenvalue weighted by atomic mass is 16.5. The van der Waals surface area contributed by atoms with E-state index >= 15 is 0 Å². The molecule has 0 amide bonds. The number of aromatic nitrogens is 3. The molecule has 4 rings (SSSR count). The van der Waals surface area contributed by atoms with Crippen molar-refractivity contribution in [2.75, 3.05) is 13.2 Å². The molecule has 0 bridgehead atoms. The molecule has 1 aliphatic heterocycles. The molecular weight excluding hydrogens is 346 g/mol. The summed E-state index contributed by atoms with van der Waals surface area (Å²) in [6, 6.07) is 14.2. The predicted octanol–water partition coefficient (Wildman–Crippen LogP) is 3.19. The van der Waals surface area contributed by atoms with Crippen LogP contribution in [0.4, 0.5) is 0 Å². The van der Waals surface area contributed by atoms with Gasteiger partial charge in [-0.25, -0.2) is 4.98 Å². The Morgan fingerprint density at radius 2 is 2.11 bits per heavy atom. The molecule has 3 heterocycles. The summed E-state index contributed by atoms with van der Waals surface area (Å²) in [7, 11) is 0. The monoisotopic (exact) mass is 367 g/mol. The third kappa shape index (κ3) is 4.92. The number of benzene rings is 1. The minimum absolute atomic E-state index is 0.250. The number of hydrogen-bond donors (Lipinski definition) is 1. The standard InChI is InChI=1S/C19H19N3O2.CH2O2/c1-2-8-20-16(5-1)13-24-18-6-3-4-15(12-18)19-21-9-10-22(19)17-7-11-23-14-17;2-1-3/h1-6,8-10,12,17H,7,11,13-14H2;1H,(H,2,3). The molecule has 0 radical (unpaired) electrons. The fourth-order valence-electron chi connectivity index (χ4n) is 2.94. The van der Waals surface area contributed by atoms with Crippen LogP contribution in [0.15, 0.2) is 61.1 Å². The van der Waals surface area contributed by atoms with Crippen LogP contribution in [0.25, 0.3) is 11.4 Å². The van der Waals surface area contributed by atoms with Gasteiger partial charge in [0.05, 0.1) is 18.3 Å². The Kier molecular flexibility index (Phi) is 6.54. The largest absolute Gasteiger partial charge is 0.487 e. The lowest BCUT2D eigenvalue weighted by atomic mass is 10.2. The molecule has 0 spiro atoms. The zero-order chi connectivity index (χ0) is 18.9. The Morgan fingerprint density at radius 1 is 1.22 bits per heavy atom. The molecular formula is C20H21N3O4. The molecule has 7 heteroatoms. The summed E-state index contributed by atoms with van der Waals surface area (Å²) < 4.78 is 13.6. The molecule has 3 aromatic rings. The minimum atomic E-state index is -0.250. The quantitative estimate of drug-likeness (QED) is 0.697. The van der Waals surface area contributed by atoms with Gasteiger partial charge < -0.3 is 19.1 Å². The van der Waals surface area contributed by atoms with Gasteiger partial charge >= 0.3 is 0 Å². The molecule has 7 nitrogen and oxygen atoms in total. The first-order valence-electron chi connectivity index (χ1n) is 8.63. The van der Waals surface area contributed by atoms with Gasteiger partial charge in [-0.1, -0.05) is 18.2 Å². The lowest BCUT2D eigenvalue weighted by Crippen LogP contribution is -2.09. The van der Waals surface area contributed by atoms with Crippen molar-refractivity contribution in [3.8, 4) is 17.1 Å². The zero-order valence-electron chi connectivity index (χ0n) is 14.8. The second-order valence-corrected chi connectivity index (χ2v) is 5.92. The number of nitrogens with zero attached hydrogens (tertiary/aromatic N) is 3. The van der Waals surface area contributed by atoms with Crippen LogP contribution in [0.1, 0.15) is 18.2 Å². The number of pyridine rings is 1. The first kappa shape index (κ1) is 18.6. The van der Waals surface area contributed by atoms with Gasteiger partial charge in [-0.15, -0.1) is 0 Å². The van der Waals surface area contributed by atoms with E-state index in [1.54, 1.807) is 6.20 Å². The maximum absolute atomic E-state index is 8.36. The topological polar surface area (TPSA) is 86.5 Å². The number of carboxylic acid groups (broad SMARTS) is 1. The molecule has 0 saturated carbocycles. The van der Waals surface area contributed by atoms with Crippen LogP contribution >= 0.6 is 0 Å². The lowest BCUT2D eigenvalue weighted by Gasteiger charge is -2.14. The van der Waals surface area contributed by atoms with Crippen LogP contribution in [-0.2, 0) is 16.1 Å². The average molecular weight is 367 g/mol. The highest BCUT2D eigenvalue weighted by Crippen LogP contribution is 2.28. The Bertz CT molecular complexity index is 845. The summed E-state index contributed by atoms with van der Waals surface area (Å²) >= 11 is 0. The van der Waals surface area contributed by atoms with Crippen LogP contribution in [0.5, 0.6) is 5.75 Å². The van der Waals surface area contributed by atoms with E-state index in [2.05, 4.69) is 20.6 Å². The van der Waals surface area contributed by atoms with E-state index < -0.39 is 0 Å². The highest BCUT2D eigenvalue weighted by Gasteiger charge is 2.20. The smallest absolute Gasteiger partial charge is 0.290 e. The van der Waals surface area contributed by atoms with Crippen molar-refractivity contribution in [2.45, 2.75) is 19.1 Å². The third-order valence-electron chi connectivity index (χ3n) is 4.17. The molecule has 0 aliphatic carbocycles. The maximum atomic E-state index is 8.36. The van der Waals surface area contributed by atoms with Crippen molar-refractivity contribution < 1.29 is 19.4 Å². The molecule has 27 heavy (non-hydrogen) atoms. The fourth-order valence-corrected chi connectivity index (χ4v) is 2.94. The van der Waals surface area contributed by atoms with Crippen molar-refractivity contribution in [3.63, 3.8) is 0 Å². The molecule has 1 saturated heterocycles. The number of hydrogen-bond acceptors (Lipinski definition) is 5. The normalized spacial score (nSPS) is 15.6. The van der Waals surface area contributed by atoms with Gasteiger partial charge in [0, 0.05) is 30.8 Å². The number of ether oxygens (including phenoxy) is 2. The Hall–Kier alpha value is -3.19. The summed E-state index contributed by atoms with van der Waals surface area (Å²) in [6.07, 6.45) is 6.67. The van der Waals surface area contributed by atoms with Crippen molar-refractivity contribution in [2.24, 2.45) is 0 Å². The Morgan fingerprint density at radius 3 is 2.85 bits per heavy atom. The van der Waals surface area contributed by atoms with Crippen LogP contribution in [-0.4, -0.2) is 39.3 Å². The Labute approximate surface area is 157 Å². The van der Waals surface area contributed by atoms with E-state index in [9.17, 15) is 0 Å². The van der Waals surface area contributed by atoms with Crippen LogP contribution < -0.4 is 4.74 Å². The van der Waals surface area contributed by atoms with E-state index in [4.69, 9.17) is 19.4 Å². The van der Waals surface area contributed by atoms with E-state index in [0.29, 0.717) is 12.6 Å². The zero-order valence-corrected chi connectivity index (χ0v) is 14.8. The second kappa shape index (κ2) is 9.49. The molecule has 1 N–H and O–H groups in total. The van der Waals surface area contributed by atoms with Crippen molar-refractivity contribution in [1.82, 2.24) is 14.5 Å². The van der Waals surface area contributed by atoms with Gasteiger partial charge in [-0.3, -0.25) is 9.78 Å². The summed E-state index contributed by atoms with van der Waals surface area (Å²) in [4.78, 5) is 17.2. The molecule has 1 aliphatic rings. The minimum Gasteiger partial charge on any atom is -0.487 e. The van der Waals surface area contributed by atoms with E-state index in [-0.39, 0.29) is 6.47 Å². The summed E-state index contributed by atoms with van der Waals surface area (Å²) in [5, 5.41) is 6.89. The summed E-state index contributed by atoms with van der Waals surface area (Å²) in [6.45, 7) is 1.77. The molecule has 140 valence electrons. The van der Waals surface area contributed by atoms with Gasteiger partial charge in [0.25, 0.3) is 6.47 Å². The molecule has 1 aromatic carbocycles. The van der Waals surface area contributed by atoms with Gasteiger partial charge in [0.15, 0.2) is 0 Å². The van der Waals surface area contributed by atoms with Crippen LogP contribution in [0, 0.1) is 0 Å². The van der Waals surface area contributed by atoms with E-state index in [1.807, 2.05) is 48.8 Å². The van der Waals surface area contributed by atoms with Gasteiger partial charge in [-0.05, 0) is 30.7 Å². The van der Waals surface area contributed by atoms with Crippen molar-refractivity contribution in [1.29, 1.82) is 0 Å². The summed E-state index contributed by atoms with van der Waals surface area (Å²) in [5.74, 6) is 1.77.